The second kappa shape index (κ2) is 5.57. The molecule has 1 aliphatic heterocycles. The Balaban J connectivity index is 1.83. The average molecular weight is 298 g/mol. The number of nitrogens with one attached hydrogen (secondary N) is 1. The maximum atomic E-state index is 11.9. The smallest absolute Gasteiger partial charge is 0.264 e. The van der Waals surface area contributed by atoms with Gasteiger partial charge in [-0.15, -0.1) is 0 Å². The molecule has 0 radical (unpaired) electrons. The number of benzene rings is 1. The molecule has 0 spiro atoms. The Bertz CT molecular complexity index is 761. The van der Waals surface area contributed by atoms with Gasteiger partial charge < -0.3 is 5.32 Å². The van der Waals surface area contributed by atoms with Crippen LogP contribution in [-0.2, 0) is 11.8 Å². The molecule has 0 aliphatic carbocycles. The van der Waals surface area contributed by atoms with Crippen molar-refractivity contribution in [1.82, 2.24) is 15.1 Å². The van der Waals surface area contributed by atoms with E-state index in [4.69, 9.17) is 0 Å². The monoisotopic (exact) mass is 298 g/mol. The summed E-state index contributed by atoms with van der Waals surface area (Å²) < 4.78 is 1.70. The first-order valence-corrected chi connectivity index (χ1v) is 7.27. The Morgan fingerprint density at radius 3 is 3.00 bits per heavy atom. The molecule has 0 saturated carbocycles. The molecular weight excluding hydrogens is 284 g/mol. The fourth-order valence-electron chi connectivity index (χ4n) is 1.96. The highest BCUT2D eigenvalue weighted by molar-refractivity contribution is 8.18. The number of hydrogen-bond donors (Lipinski definition) is 1. The highest BCUT2D eigenvalue weighted by Crippen LogP contribution is 2.28. The molecule has 1 amide bonds. The van der Waals surface area contributed by atoms with Crippen LogP contribution in [0.2, 0.25) is 0 Å². The van der Waals surface area contributed by atoms with Crippen molar-refractivity contribution in [3.63, 3.8) is 0 Å². The highest BCUT2D eigenvalue weighted by atomic mass is 32.2. The molecule has 1 fully saturated rings. The molecule has 1 saturated heterocycles. The first kappa shape index (κ1) is 13.6. The van der Waals surface area contributed by atoms with E-state index in [0.717, 1.165) is 16.8 Å². The van der Waals surface area contributed by atoms with E-state index in [1.807, 2.05) is 50.5 Å². The largest absolute Gasteiger partial charge is 0.300 e. The van der Waals surface area contributed by atoms with E-state index in [9.17, 15) is 4.79 Å². The lowest BCUT2D eigenvalue weighted by molar-refractivity contribution is -0.115. The van der Waals surface area contributed by atoms with Gasteiger partial charge in [-0.1, -0.05) is 12.1 Å². The summed E-state index contributed by atoms with van der Waals surface area (Å²) in [6.07, 6.45) is 5.39. The second-order valence-electron chi connectivity index (χ2n) is 4.77. The summed E-state index contributed by atoms with van der Waals surface area (Å²) in [4.78, 5) is 17.0. The first-order chi connectivity index (χ1) is 10.1. The number of hydrogen-bond acceptors (Lipinski definition) is 4. The Morgan fingerprint density at radius 2 is 2.29 bits per heavy atom. The van der Waals surface area contributed by atoms with Gasteiger partial charge in [-0.3, -0.25) is 9.48 Å². The molecule has 21 heavy (non-hydrogen) atoms. The number of thioether (sulfide) groups is 1. The van der Waals surface area contributed by atoms with Gasteiger partial charge in [0.15, 0.2) is 5.17 Å². The van der Waals surface area contributed by atoms with Crippen LogP contribution in [0, 0.1) is 6.92 Å². The van der Waals surface area contributed by atoms with Crippen molar-refractivity contribution in [3.8, 4) is 0 Å². The molecule has 6 heteroatoms. The van der Waals surface area contributed by atoms with Crippen molar-refractivity contribution >= 4 is 34.6 Å². The van der Waals surface area contributed by atoms with E-state index in [1.165, 1.54) is 11.8 Å². The van der Waals surface area contributed by atoms with Crippen molar-refractivity contribution in [2.75, 3.05) is 0 Å². The van der Waals surface area contributed by atoms with Crippen LogP contribution in [0.25, 0.3) is 6.08 Å². The van der Waals surface area contributed by atoms with Gasteiger partial charge in [0.1, 0.15) is 0 Å². The molecule has 1 aromatic carbocycles. The molecule has 0 unspecified atom stereocenters. The number of carbonyl (C=O) groups excluding carboxylic acids is 1. The number of carbonyl (C=O) groups is 1. The fraction of sp³-hybridized carbons (Fsp3) is 0.133. The number of aliphatic imine (C=N–C) groups is 1. The van der Waals surface area contributed by atoms with Crippen LogP contribution in [0.15, 0.2) is 46.6 Å². The molecule has 3 rings (SSSR count). The number of rotatable bonds is 2. The average Bonchev–Trinajstić information content (AvgIpc) is 2.97. The van der Waals surface area contributed by atoms with Gasteiger partial charge in [-0.05, 0) is 42.5 Å². The molecule has 0 bridgehead atoms. The molecule has 5 nitrogen and oxygen atoms in total. The predicted octanol–water partition coefficient (Wildman–Crippen LogP) is 2.62. The topological polar surface area (TPSA) is 59.3 Å². The summed E-state index contributed by atoms with van der Waals surface area (Å²) in [6, 6.07) is 7.85. The minimum absolute atomic E-state index is 0.129. The lowest BCUT2D eigenvalue weighted by Gasteiger charge is -1.97. The minimum atomic E-state index is -0.129. The fourth-order valence-corrected chi connectivity index (χ4v) is 2.80. The lowest BCUT2D eigenvalue weighted by atomic mass is 10.2. The third kappa shape index (κ3) is 3.22. The van der Waals surface area contributed by atoms with E-state index in [-0.39, 0.29) is 5.91 Å². The predicted molar refractivity (Wildman–Crippen MR) is 85.2 cm³/mol. The molecular formula is C15H14N4OS. The van der Waals surface area contributed by atoms with Crippen LogP contribution in [-0.4, -0.2) is 20.9 Å². The molecule has 106 valence electrons. The maximum Gasteiger partial charge on any atom is 0.264 e. The first-order valence-electron chi connectivity index (χ1n) is 6.45. The zero-order valence-corrected chi connectivity index (χ0v) is 12.5. The Morgan fingerprint density at radius 1 is 1.43 bits per heavy atom. The third-order valence-corrected chi connectivity index (χ3v) is 3.82. The second-order valence-corrected chi connectivity index (χ2v) is 5.80. The van der Waals surface area contributed by atoms with Gasteiger partial charge in [-0.25, -0.2) is 4.99 Å². The van der Waals surface area contributed by atoms with Crippen molar-refractivity contribution in [3.05, 3.63) is 52.7 Å². The van der Waals surface area contributed by atoms with Gasteiger partial charge in [-0.2, -0.15) is 5.10 Å². The van der Waals surface area contributed by atoms with E-state index < -0.39 is 0 Å². The molecule has 0 atom stereocenters. The van der Waals surface area contributed by atoms with Gasteiger partial charge in [0.2, 0.25) is 0 Å². The summed E-state index contributed by atoms with van der Waals surface area (Å²) in [6.45, 7) is 2.01. The molecule has 1 N–H and O–H groups in total. The normalized spacial score (nSPS) is 18.5. The third-order valence-electron chi connectivity index (χ3n) is 2.91. The highest BCUT2D eigenvalue weighted by Gasteiger charge is 2.23. The summed E-state index contributed by atoms with van der Waals surface area (Å²) in [5, 5.41) is 7.46. The Hall–Kier alpha value is -2.34. The molecule has 1 aliphatic rings. The summed E-state index contributed by atoms with van der Waals surface area (Å²) in [5.41, 5.74) is 2.87. The Kier molecular flexibility index (Phi) is 3.62. The van der Waals surface area contributed by atoms with Crippen LogP contribution in [0.1, 0.15) is 11.1 Å². The lowest BCUT2D eigenvalue weighted by Crippen LogP contribution is -2.19. The van der Waals surface area contributed by atoms with E-state index >= 15 is 0 Å². The van der Waals surface area contributed by atoms with Crippen LogP contribution in [0.5, 0.6) is 0 Å². The number of nitrogens with zero attached hydrogens (tertiary/aromatic N) is 3. The zero-order valence-electron chi connectivity index (χ0n) is 11.7. The summed E-state index contributed by atoms with van der Waals surface area (Å²) >= 11 is 1.34. The Labute approximate surface area is 126 Å². The number of aryl methyl sites for hydroxylation is 2. The quantitative estimate of drug-likeness (QED) is 0.867. The number of aromatic nitrogens is 2. The van der Waals surface area contributed by atoms with Crippen LogP contribution in [0.4, 0.5) is 5.69 Å². The van der Waals surface area contributed by atoms with Crippen LogP contribution >= 0.6 is 11.8 Å². The van der Waals surface area contributed by atoms with Crippen LogP contribution in [0.3, 0.4) is 0 Å². The minimum Gasteiger partial charge on any atom is -0.300 e. The van der Waals surface area contributed by atoms with Gasteiger partial charge in [0.25, 0.3) is 5.91 Å². The summed E-state index contributed by atoms with van der Waals surface area (Å²) in [7, 11) is 1.84. The molecule has 2 heterocycles. The molecule has 1 aromatic heterocycles. The van der Waals surface area contributed by atoms with Crippen molar-refractivity contribution in [1.29, 1.82) is 0 Å². The summed E-state index contributed by atoms with van der Waals surface area (Å²) in [5.74, 6) is -0.129. The number of amides is 1. The van der Waals surface area contributed by atoms with E-state index in [2.05, 4.69) is 15.4 Å². The molecule has 2 aromatic rings. The van der Waals surface area contributed by atoms with Crippen molar-refractivity contribution < 1.29 is 4.79 Å². The zero-order chi connectivity index (χ0) is 14.8. The standard InChI is InChI=1S/C15H14N4OS/c1-10-4-3-5-12(6-10)17-15-18-14(20)13(21-15)7-11-8-16-19(2)9-11/h3-9H,1-2H3,(H,17,18,20)/b13-7+. The van der Waals surface area contributed by atoms with E-state index in [0.29, 0.717) is 10.1 Å². The van der Waals surface area contributed by atoms with Crippen LogP contribution < -0.4 is 5.32 Å². The number of amidine groups is 1. The van der Waals surface area contributed by atoms with Gasteiger partial charge in [0.05, 0.1) is 16.8 Å². The van der Waals surface area contributed by atoms with E-state index in [1.54, 1.807) is 10.9 Å². The van der Waals surface area contributed by atoms with Crippen molar-refractivity contribution in [2.24, 2.45) is 12.0 Å². The maximum absolute atomic E-state index is 11.9. The van der Waals surface area contributed by atoms with Crippen molar-refractivity contribution in [2.45, 2.75) is 6.92 Å². The SMILES string of the molecule is Cc1cccc(N=C2NC(=O)/C(=C\c3cnn(C)c3)S2)c1. The van der Waals surface area contributed by atoms with Gasteiger partial charge >= 0.3 is 0 Å². The van der Waals surface area contributed by atoms with Gasteiger partial charge in [0, 0.05) is 18.8 Å².